The molecule has 1 heterocycles. The Hall–Kier alpha value is -3.32. The molecule has 1 atom stereocenters. The number of hydrogen-bond donors (Lipinski definition) is 0. The SMILES string of the molecule is CCCN(C(=O)c1ccc(Br)cc1)C(CC)c1nc2ccccc2c(=O)n1-c1ccc(F)cc1. The fourth-order valence-electron chi connectivity index (χ4n) is 4.15. The molecule has 0 N–H and O–H groups in total. The van der Waals surface area contributed by atoms with Crippen LogP contribution in [0.15, 0.2) is 82.1 Å². The van der Waals surface area contributed by atoms with Crippen LogP contribution in [0, 0.1) is 5.82 Å². The molecule has 0 saturated carbocycles. The standard InChI is InChI=1S/C27H25BrFN3O2/c1-3-17-31(26(33)18-9-11-19(28)12-10-18)24(4-2)25-30-23-8-6-5-7-22(23)27(34)32(25)21-15-13-20(29)14-16-21/h5-16,24H,3-4,17H2,1-2H3. The zero-order valence-electron chi connectivity index (χ0n) is 19.0. The van der Waals surface area contributed by atoms with Crippen molar-refractivity contribution < 1.29 is 9.18 Å². The number of nitrogens with zero attached hydrogens (tertiary/aromatic N) is 3. The van der Waals surface area contributed by atoms with Crippen molar-refractivity contribution in [1.82, 2.24) is 14.5 Å². The Morgan fingerprint density at radius 3 is 2.35 bits per heavy atom. The van der Waals surface area contributed by atoms with E-state index in [4.69, 9.17) is 4.98 Å². The maximum absolute atomic E-state index is 13.7. The predicted octanol–water partition coefficient (Wildman–Crippen LogP) is 6.29. The molecule has 0 aliphatic rings. The second-order valence-corrected chi connectivity index (χ2v) is 8.95. The number of para-hydroxylation sites is 1. The minimum Gasteiger partial charge on any atom is -0.328 e. The van der Waals surface area contributed by atoms with Gasteiger partial charge in [0.2, 0.25) is 0 Å². The van der Waals surface area contributed by atoms with E-state index in [0.717, 1.165) is 10.9 Å². The normalized spacial score (nSPS) is 12.0. The zero-order valence-corrected chi connectivity index (χ0v) is 20.6. The molecule has 5 nitrogen and oxygen atoms in total. The first-order valence-electron chi connectivity index (χ1n) is 11.3. The number of halogens is 2. The highest BCUT2D eigenvalue weighted by Crippen LogP contribution is 2.28. The van der Waals surface area contributed by atoms with Crippen molar-refractivity contribution >= 4 is 32.7 Å². The van der Waals surface area contributed by atoms with E-state index in [2.05, 4.69) is 15.9 Å². The summed E-state index contributed by atoms with van der Waals surface area (Å²) in [4.78, 5) is 33.9. The summed E-state index contributed by atoms with van der Waals surface area (Å²) < 4.78 is 16.1. The molecule has 174 valence electrons. The van der Waals surface area contributed by atoms with Crippen molar-refractivity contribution in [2.24, 2.45) is 0 Å². The summed E-state index contributed by atoms with van der Waals surface area (Å²) in [6, 6.07) is 19.7. The average Bonchev–Trinajstić information content (AvgIpc) is 2.85. The zero-order chi connectivity index (χ0) is 24.2. The van der Waals surface area contributed by atoms with Gasteiger partial charge in [-0.25, -0.2) is 9.37 Å². The first-order valence-corrected chi connectivity index (χ1v) is 12.1. The van der Waals surface area contributed by atoms with E-state index in [9.17, 15) is 14.0 Å². The molecular formula is C27H25BrFN3O2. The smallest absolute Gasteiger partial charge is 0.266 e. The highest BCUT2D eigenvalue weighted by molar-refractivity contribution is 9.10. The molecule has 1 unspecified atom stereocenters. The number of fused-ring (bicyclic) bond motifs is 1. The number of carbonyl (C=O) groups excluding carboxylic acids is 1. The molecule has 0 fully saturated rings. The van der Waals surface area contributed by atoms with Crippen LogP contribution >= 0.6 is 15.9 Å². The van der Waals surface area contributed by atoms with Gasteiger partial charge in [-0.15, -0.1) is 0 Å². The summed E-state index contributed by atoms with van der Waals surface area (Å²) >= 11 is 3.41. The van der Waals surface area contributed by atoms with Gasteiger partial charge in [-0.3, -0.25) is 14.2 Å². The van der Waals surface area contributed by atoms with Gasteiger partial charge < -0.3 is 4.90 Å². The monoisotopic (exact) mass is 521 g/mol. The number of rotatable bonds is 7. The number of amides is 1. The molecule has 4 aromatic rings. The quantitative estimate of drug-likeness (QED) is 0.287. The predicted molar refractivity (Wildman–Crippen MR) is 136 cm³/mol. The van der Waals surface area contributed by atoms with Crippen molar-refractivity contribution in [2.45, 2.75) is 32.7 Å². The fraction of sp³-hybridized carbons (Fsp3) is 0.222. The molecule has 3 aromatic carbocycles. The van der Waals surface area contributed by atoms with Crippen molar-refractivity contribution in [1.29, 1.82) is 0 Å². The maximum atomic E-state index is 13.7. The third kappa shape index (κ3) is 4.66. The molecule has 0 saturated heterocycles. The third-order valence-electron chi connectivity index (χ3n) is 5.76. The van der Waals surface area contributed by atoms with Gasteiger partial charge in [0, 0.05) is 16.6 Å². The van der Waals surface area contributed by atoms with Gasteiger partial charge in [-0.2, -0.15) is 0 Å². The van der Waals surface area contributed by atoms with Crippen LogP contribution in [-0.2, 0) is 0 Å². The van der Waals surface area contributed by atoms with Crippen molar-refractivity contribution in [3.05, 3.63) is 105 Å². The number of hydrogen-bond acceptors (Lipinski definition) is 3. The van der Waals surface area contributed by atoms with Crippen LogP contribution in [0.1, 0.15) is 48.9 Å². The summed E-state index contributed by atoms with van der Waals surface area (Å²) in [5.74, 6) is -0.0665. The molecule has 7 heteroatoms. The fourth-order valence-corrected chi connectivity index (χ4v) is 4.42. The minimum atomic E-state index is -0.460. The highest BCUT2D eigenvalue weighted by Gasteiger charge is 2.29. The Labute approximate surface area is 206 Å². The molecule has 0 spiro atoms. The first kappa shape index (κ1) is 23.8. The Morgan fingerprint density at radius 2 is 1.71 bits per heavy atom. The van der Waals surface area contributed by atoms with Crippen molar-refractivity contribution in [3.63, 3.8) is 0 Å². The average molecular weight is 522 g/mol. The summed E-state index contributed by atoms with van der Waals surface area (Å²) in [6.07, 6.45) is 1.29. The van der Waals surface area contributed by atoms with Crippen molar-refractivity contribution in [3.8, 4) is 5.69 Å². The molecule has 0 radical (unpaired) electrons. The summed E-state index contributed by atoms with van der Waals surface area (Å²) in [6.45, 7) is 4.48. The van der Waals surface area contributed by atoms with E-state index in [1.165, 1.54) is 16.7 Å². The van der Waals surface area contributed by atoms with Crippen LogP contribution in [0.2, 0.25) is 0 Å². The van der Waals surface area contributed by atoms with Gasteiger partial charge in [0.1, 0.15) is 11.6 Å². The van der Waals surface area contributed by atoms with Gasteiger partial charge in [0.05, 0.1) is 22.6 Å². The van der Waals surface area contributed by atoms with E-state index in [1.807, 2.05) is 32.0 Å². The van der Waals surface area contributed by atoms with Gasteiger partial charge >= 0.3 is 0 Å². The maximum Gasteiger partial charge on any atom is 0.266 e. The molecule has 1 amide bonds. The Bertz CT molecular complexity index is 1370. The molecule has 4 rings (SSSR count). The molecule has 0 aliphatic carbocycles. The molecule has 0 aliphatic heterocycles. The molecule has 34 heavy (non-hydrogen) atoms. The molecule has 1 aromatic heterocycles. The van der Waals surface area contributed by atoms with Crippen molar-refractivity contribution in [2.75, 3.05) is 6.54 Å². The van der Waals surface area contributed by atoms with Crippen LogP contribution in [0.25, 0.3) is 16.6 Å². The number of benzene rings is 3. The van der Waals surface area contributed by atoms with Crippen LogP contribution in [0.3, 0.4) is 0 Å². The number of carbonyl (C=O) groups is 1. The van der Waals surface area contributed by atoms with Crippen LogP contribution in [-0.4, -0.2) is 26.9 Å². The number of aromatic nitrogens is 2. The second-order valence-electron chi connectivity index (χ2n) is 8.03. The Morgan fingerprint density at radius 1 is 1.03 bits per heavy atom. The minimum absolute atomic E-state index is 0.130. The van der Waals surface area contributed by atoms with Gasteiger partial charge in [-0.05, 0) is 73.5 Å². The first-order chi connectivity index (χ1) is 16.4. The van der Waals surface area contributed by atoms with Gasteiger partial charge in [0.15, 0.2) is 0 Å². The lowest BCUT2D eigenvalue weighted by Crippen LogP contribution is -2.39. The Kier molecular flexibility index (Phi) is 7.22. The molecular weight excluding hydrogens is 497 g/mol. The lowest BCUT2D eigenvalue weighted by atomic mass is 10.1. The van der Waals surface area contributed by atoms with Gasteiger partial charge in [0.25, 0.3) is 11.5 Å². The summed E-state index contributed by atoms with van der Waals surface area (Å²) in [7, 11) is 0. The van der Waals surface area contributed by atoms with Crippen LogP contribution in [0.4, 0.5) is 4.39 Å². The lowest BCUT2D eigenvalue weighted by molar-refractivity contribution is 0.0659. The summed E-state index contributed by atoms with van der Waals surface area (Å²) in [5.41, 5.74) is 1.38. The molecule has 0 bridgehead atoms. The topological polar surface area (TPSA) is 55.2 Å². The largest absolute Gasteiger partial charge is 0.328 e. The second kappa shape index (κ2) is 10.3. The van der Waals surface area contributed by atoms with E-state index in [0.29, 0.717) is 40.9 Å². The third-order valence-corrected chi connectivity index (χ3v) is 6.29. The lowest BCUT2D eigenvalue weighted by Gasteiger charge is -2.32. The van der Waals surface area contributed by atoms with Crippen LogP contribution in [0.5, 0.6) is 0 Å². The van der Waals surface area contributed by atoms with E-state index >= 15 is 0 Å². The summed E-state index contributed by atoms with van der Waals surface area (Å²) in [5, 5.41) is 0.465. The van der Waals surface area contributed by atoms with Crippen LogP contribution < -0.4 is 5.56 Å². The Balaban J connectivity index is 1.93. The highest BCUT2D eigenvalue weighted by atomic mass is 79.9. The van der Waals surface area contributed by atoms with E-state index < -0.39 is 11.9 Å². The van der Waals surface area contributed by atoms with E-state index in [-0.39, 0.29) is 11.5 Å². The van der Waals surface area contributed by atoms with Gasteiger partial charge in [-0.1, -0.05) is 41.9 Å². The van der Waals surface area contributed by atoms with E-state index in [1.54, 1.807) is 47.4 Å².